The first kappa shape index (κ1) is 18.5. The van der Waals surface area contributed by atoms with Crippen molar-refractivity contribution in [3.8, 4) is 0 Å². The van der Waals surface area contributed by atoms with Crippen LogP contribution in [0.5, 0.6) is 0 Å². The number of rotatable bonds is 3. The van der Waals surface area contributed by atoms with Gasteiger partial charge in [-0.15, -0.1) is 0 Å². The van der Waals surface area contributed by atoms with Gasteiger partial charge in [-0.05, 0) is 74.3 Å². The Morgan fingerprint density at radius 2 is 1.67 bits per heavy atom. The normalized spacial score (nSPS) is 39.0. The van der Waals surface area contributed by atoms with Gasteiger partial charge in [0.25, 0.3) is 0 Å². The van der Waals surface area contributed by atoms with E-state index in [0.29, 0.717) is 41.9 Å². The molecule has 2 aliphatic carbocycles. The molecule has 1 heterocycles. The molecule has 1 aliphatic heterocycles. The van der Waals surface area contributed by atoms with Crippen LogP contribution in [0.2, 0.25) is 0 Å². The lowest BCUT2D eigenvalue weighted by Crippen LogP contribution is -2.34. The largest absolute Gasteiger partial charge is 0.274 e. The number of nitrogens with zero attached hydrogens (tertiary/aromatic N) is 1. The summed E-state index contributed by atoms with van der Waals surface area (Å²) in [4.78, 5) is 27.5. The van der Waals surface area contributed by atoms with Crippen molar-refractivity contribution in [2.24, 2.45) is 41.4 Å². The highest BCUT2D eigenvalue weighted by Gasteiger charge is 2.56. The molecule has 3 aliphatic rings. The molecule has 0 aromatic heterocycles. The maximum atomic E-state index is 13.3. The Hall–Kier alpha value is -1.90. The molecule has 3 heteroatoms. The second-order valence-electron chi connectivity index (χ2n) is 9.15. The molecule has 1 aromatic carbocycles. The van der Waals surface area contributed by atoms with Crippen LogP contribution in [0.15, 0.2) is 36.4 Å². The van der Waals surface area contributed by atoms with Crippen LogP contribution in [0.1, 0.15) is 45.6 Å². The molecule has 0 spiro atoms. The predicted molar refractivity (Wildman–Crippen MR) is 108 cm³/mol. The predicted octanol–water partition coefficient (Wildman–Crippen LogP) is 5.00. The molecule has 4 rings (SSSR count). The van der Waals surface area contributed by atoms with Crippen LogP contribution in [0.4, 0.5) is 5.69 Å². The first-order valence-corrected chi connectivity index (χ1v) is 10.5. The average Bonchev–Trinajstić information content (AvgIpc) is 3.23. The summed E-state index contributed by atoms with van der Waals surface area (Å²) < 4.78 is 0. The number of hydrogen-bond donors (Lipinski definition) is 0. The second kappa shape index (κ2) is 6.92. The number of imide groups is 1. The van der Waals surface area contributed by atoms with Crippen LogP contribution in [-0.2, 0) is 9.59 Å². The van der Waals surface area contributed by atoms with Crippen molar-refractivity contribution in [2.45, 2.75) is 47.0 Å². The second-order valence-corrected chi connectivity index (χ2v) is 9.15. The Kier molecular flexibility index (Phi) is 4.73. The molecule has 3 nitrogen and oxygen atoms in total. The van der Waals surface area contributed by atoms with Gasteiger partial charge < -0.3 is 0 Å². The van der Waals surface area contributed by atoms with Crippen molar-refractivity contribution in [3.05, 3.63) is 42.0 Å². The molecule has 0 radical (unpaired) electrons. The molecule has 27 heavy (non-hydrogen) atoms. The Bertz CT molecular complexity index is 765. The lowest BCUT2D eigenvalue weighted by Gasteiger charge is -2.27. The number of anilines is 1. The monoisotopic (exact) mass is 365 g/mol. The van der Waals surface area contributed by atoms with Crippen LogP contribution in [-0.4, -0.2) is 11.8 Å². The van der Waals surface area contributed by atoms with Gasteiger partial charge in [-0.25, -0.2) is 0 Å². The van der Waals surface area contributed by atoms with Crippen LogP contribution in [0, 0.1) is 48.3 Å². The van der Waals surface area contributed by atoms with Crippen LogP contribution in [0.25, 0.3) is 0 Å². The molecule has 1 aromatic rings. The Morgan fingerprint density at radius 1 is 1.00 bits per heavy atom. The minimum absolute atomic E-state index is 0.0272. The minimum Gasteiger partial charge on any atom is -0.274 e. The molecular formula is C24H31NO2. The summed E-state index contributed by atoms with van der Waals surface area (Å²) in [6.45, 7) is 8.83. The number of amides is 2. The van der Waals surface area contributed by atoms with E-state index >= 15 is 0 Å². The number of hydrogen-bond acceptors (Lipinski definition) is 2. The van der Waals surface area contributed by atoms with E-state index in [-0.39, 0.29) is 17.7 Å². The van der Waals surface area contributed by atoms with E-state index < -0.39 is 0 Å². The average molecular weight is 366 g/mol. The van der Waals surface area contributed by atoms with Gasteiger partial charge in [0, 0.05) is 6.42 Å². The zero-order chi connectivity index (χ0) is 19.3. The van der Waals surface area contributed by atoms with E-state index in [1.54, 1.807) is 0 Å². The quantitative estimate of drug-likeness (QED) is 0.559. The molecular weight excluding hydrogens is 334 g/mol. The number of allylic oxidation sites excluding steroid dienone is 2. The van der Waals surface area contributed by atoms with Crippen LogP contribution < -0.4 is 4.90 Å². The van der Waals surface area contributed by atoms with Gasteiger partial charge in [0.15, 0.2) is 0 Å². The number of carbonyl (C=O) groups excluding carboxylic acids is 2. The number of aryl methyl sites for hydroxylation is 1. The van der Waals surface area contributed by atoms with Gasteiger partial charge in [-0.1, -0.05) is 43.7 Å². The summed E-state index contributed by atoms with van der Waals surface area (Å²) in [5, 5.41) is 0. The molecule has 0 bridgehead atoms. The third-order valence-corrected chi connectivity index (χ3v) is 7.47. The van der Waals surface area contributed by atoms with E-state index in [9.17, 15) is 9.59 Å². The highest BCUT2D eigenvalue weighted by Crippen LogP contribution is 2.59. The molecule has 1 saturated heterocycles. The summed E-state index contributed by atoms with van der Waals surface area (Å²) in [5.41, 5.74) is 1.86. The summed E-state index contributed by atoms with van der Waals surface area (Å²) in [6.07, 6.45) is 7.24. The first-order valence-electron chi connectivity index (χ1n) is 10.5. The molecule has 144 valence electrons. The van der Waals surface area contributed by atoms with Crippen molar-refractivity contribution < 1.29 is 9.59 Å². The lowest BCUT2D eigenvalue weighted by molar-refractivity contribution is -0.123. The SMILES string of the molecule is C/C=C\C1CC(C)C2C(C3CC(=O)N(c4ccc(C)cc4)C3=O)CC(C)C12. The molecule has 0 N–H and O–H groups in total. The maximum Gasteiger partial charge on any atom is 0.237 e. The summed E-state index contributed by atoms with van der Waals surface area (Å²) in [6, 6.07) is 7.73. The van der Waals surface area contributed by atoms with Crippen molar-refractivity contribution in [3.63, 3.8) is 0 Å². The van der Waals surface area contributed by atoms with E-state index in [2.05, 4.69) is 32.9 Å². The lowest BCUT2D eigenvalue weighted by atomic mass is 9.77. The van der Waals surface area contributed by atoms with Crippen molar-refractivity contribution in [1.82, 2.24) is 0 Å². The molecule has 7 atom stereocenters. The minimum atomic E-state index is -0.136. The summed E-state index contributed by atoms with van der Waals surface area (Å²) in [5.74, 6) is 3.34. The van der Waals surface area contributed by atoms with Gasteiger partial charge >= 0.3 is 0 Å². The topological polar surface area (TPSA) is 37.4 Å². The number of fused-ring (bicyclic) bond motifs is 1. The first-order chi connectivity index (χ1) is 12.9. The Morgan fingerprint density at radius 3 is 2.33 bits per heavy atom. The molecule has 3 fully saturated rings. The fraction of sp³-hybridized carbons (Fsp3) is 0.583. The highest BCUT2D eigenvalue weighted by atomic mass is 16.2. The van der Waals surface area contributed by atoms with Gasteiger partial charge in [0.1, 0.15) is 0 Å². The Labute approximate surface area is 162 Å². The van der Waals surface area contributed by atoms with E-state index in [1.807, 2.05) is 31.2 Å². The summed E-state index contributed by atoms with van der Waals surface area (Å²) in [7, 11) is 0. The Balaban J connectivity index is 1.60. The maximum absolute atomic E-state index is 13.3. The highest BCUT2D eigenvalue weighted by molar-refractivity contribution is 6.21. The third kappa shape index (κ3) is 2.96. The van der Waals surface area contributed by atoms with Crippen LogP contribution >= 0.6 is 0 Å². The number of carbonyl (C=O) groups is 2. The van der Waals surface area contributed by atoms with E-state index in [1.165, 1.54) is 11.3 Å². The van der Waals surface area contributed by atoms with E-state index in [0.717, 1.165) is 17.7 Å². The van der Waals surface area contributed by atoms with Crippen molar-refractivity contribution in [2.75, 3.05) is 4.90 Å². The standard InChI is InChI=1S/C24H31NO2/c1-5-6-17-11-15(3)23-19(12-16(4)22(17)23)20-13-21(26)25(24(20)27)18-9-7-14(2)8-10-18/h5-10,15-17,19-20,22-23H,11-13H2,1-4H3/b6-5-. The zero-order valence-electron chi connectivity index (χ0n) is 16.9. The van der Waals surface area contributed by atoms with Crippen LogP contribution in [0.3, 0.4) is 0 Å². The van der Waals surface area contributed by atoms with E-state index in [4.69, 9.17) is 0 Å². The smallest absolute Gasteiger partial charge is 0.237 e. The van der Waals surface area contributed by atoms with Crippen molar-refractivity contribution in [1.29, 1.82) is 0 Å². The fourth-order valence-corrected chi connectivity index (χ4v) is 6.50. The fourth-order valence-electron chi connectivity index (χ4n) is 6.50. The van der Waals surface area contributed by atoms with Crippen molar-refractivity contribution >= 4 is 17.5 Å². The third-order valence-electron chi connectivity index (χ3n) is 7.47. The van der Waals surface area contributed by atoms with Gasteiger partial charge in [0.05, 0.1) is 11.6 Å². The summed E-state index contributed by atoms with van der Waals surface area (Å²) >= 11 is 0. The molecule has 2 saturated carbocycles. The van der Waals surface area contributed by atoms with Gasteiger partial charge in [-0.2, -0.15) is 0 Å². The zero-order valence-corrected chi connectivity index (χ0v) is 16.9. The molecule has 7 unspecified atom stereocenters. The molecule has 2 amide bonds. The van der Waals surface area contributed by atoms with Gasteiger partial charge in [0.2, 0.25) is 11.8 Å². The number of benzene rings is 1. The van der Waals surface area contributed by atoms with Gasteiger partial charge in [-0.3, -0.25) is 14.5 Å².